The Morgan fingerprint density at radius 1 is 0.966 bits per heavy atom. The van der Waals surface area contributed by atoms with Crippen molar-refractivity contribution in [2.24, 2.45) is 0 Å². The molecule has 2 aromatic carbocycles. The Balaban J connectivity index is 1.59. The average molecular weight is 425 g/mol. The van der Waals surface area contributed by atoms with Crippen LogP contribution in [-0.4, -0.2) is 37.7 Å². The summed E-state index contributed by atoms with van der Waals surface area (Å²) in [6.07, 6.45) is 3.63. The zero-order valence-corrected chi connectivity index (χ0v) is 17.4. The molecule has 0 bridgehead atoms. The number of halogens is 1. The number of aromatic hydroxyl groups is 1. The van der Waals surface area contributed by atoms with E-state index in [1.807, 2.05) is 30.3 Å². The molecule has 29 heavy (non-hydrogen) atoms. The maximum atomic E-state index is 11.1. The first-order valence-corrected chi connectivity index (χ1v) is 11.0. The Morgan fingerprint density at radius 3 is 2.41 bits per heavy atom. The number of thiazole rings is 1. The van der Waals surface area contributed by atoms with Crippen LogP contribution in [-0.2, 0) is 0 Å². The summed E-state index contributed by atoms with van der Waals surface area (Å²) in [4.78, 5) is 8.67. The van der Waals surface area contributed by atoms with E-state index < -0.39 is 0 Å². The number of hydrogen-bond acceptors (Lipinski definition) is 5. The van der Waals surface area contributed by atoms with Crippen molar-refractivity contribution in [2.75, 3.05) is 13.1 Å². The van der Waals surface area contributed by atoms with E-state index in [-0.39, 0.29) is 11.9 Å². The first kappa shape index (κ1) is 18.6. The molecule has 1 unspecified atom stereocenters. The van der Waals surface area contributed by atoms with Crippen molar-refractivity contribution >= 4 is 27.9 Å². The van der Waals surface area contributed by atoms with Crippen molar-refractivity contribution in [3.05, 3.63) is 70.1 Å². The Labute approximate surface area is 178 Å². The lowest BCUT2D eigenvalue weighted by Crippen LogP contribution is -2.34. The third-order valence-corrected chi connectivity index (χ3v) is 6.84. The maximum Gasteiger partial charge on any atom is 0.230 e. The normalized spacial score (nSPS) is 16.3. The van der Waals surface area contributed by atoms with Crippen LogP contribution in [0.2, 0.25) is 5.02 Å². The van der Waals surface area contributed by atoms with Crippen molar-refractivity contribution in [3.63, 3.8) is 0 Å². The molecule has 1 aliphatic rings. The van der Waals surface area contributed by atoms with Crippen LogP contribution in [0.25, 0.3) is 16.3 Å². The van der Waals surface area contributed by atoms with E-state index in [1.165, 1.54) is 36.2 Å². The van der Waals surface area contributed by atoms with Gasteiger partial charge in [-0.05, 0) is 43.6 Å². The molecule has 3 heterocycles. The third-order valence-electron chi connectivity index (χ3n) is 5.43. The zero-order valence-electron chi connectivity index (χ0n) is 15.8. The molecule has 0 amide bonds. The van der Waals surface area contributed by atoms with Crippen molar-refractivity contribution in [1.29, 1.82) is 0 Å². The molecule has 2 aromatic heterocycles. The summed E-state index contributed by atoms with van der Waals surface area (Å²) in [5.74, 6) is 0.688. The minimum Gasteiger partial charge on any atom is -0.492 e. The van der Waals surface area contributed by atoms with E-state index in [1.54, 1.807) is 4.52 Å². The molecule has 0 radical (unpaired) electrons. The van der Waals surface area contributed by atoms with Crippen LogP contribution in [0.1, 0.15) is 35.7 Å². The van der Waals surface area contributed by atoms with E-state index in [0.717, 1.165) is 23.5 Å². The number of fused-ring (bicyclic) bond motifs is 1. The van der Waals surface area contributed by atoms with Crippen LogP contribution in [0.4, 0.5) is 0 Å². The van der Waals surface area contributed by atoms with Crippen molar-refractivity contribution < 1.29 is 5.11 Å². The minimum absolute atomic E-state index is 0.00811. The van der Waals surface area contributed by atoms with Gasteiger partial charge in [0.25, 0.3) is 0 Å². The van der Waals surface area contributed by atoms with Crippen molar-refractivity contribution in [3.8, 4) is 17.3 Å². The SMILES string of the molecule is Oc1c(C(c2ccccc2)N2CCCCC2)sc2nc(-c3ccccc3Cl)nn12. The van der Waals surface area contributed by atoms with E-state index in [9.17, 15) is 5.11 Å². The molecular formula is C22H21ClN4OS. The fraction of sp³-hybridized carbons (Fsp3) is 0.273. The van der Waals surface area contributed by atoms with Crippen LogP contribution in [0.15, 0.2) is 54.6 Å². The molecule has 1 aliphatic heterocycles. The third kappa shape index (κ3) is 3.41. The van der Waals surface area contributed by atoms with Gasteiger partial charge in [-0.15, -0.1) is 5.10 Å². The number of piperidine rings is 1. The lowest BCUT2D eigenvalue weighted by atomic mass is 10.0. The minimum atomic E-state index is 0.00811. The topological polar surface area (TPSA) is 53.7 Å². The second kappa shape index (κ2) is 7.78. The van der Waals surface area contributed by atoms with Gasteiger partial charge < -0.3 is 5.11 Å². The number of likely N-dealkylation sites (tertiary alicyclic amines) is 1. The second-order valence-corrected chi connectivity index (χ2v) is 8.73. The van der Waals surface area contributed by atoms with E-state index in [4.69, 9.17) is 11.6 Å². The van der Waals surface area contributed by atoms with Crippen LogP contribution in [0.3, 0.4) is 0 Å². The van der Waals surface area contributed by atoms with Gasteiger partial charge in [-0.3, -0.25) is 4.90 Å². The molecule has 0 saturated carbocycles. The summed E-state index contributed by atoms with van der Waals surface area (Å²) in [6.45, 7) is 2.05. The van der Waals surface area contributed by atoms with Gasteiger partial charge in [0.05, 0.1) is 15.9 Å². The summed E-state index contributed by atoms with van der Waals surface area (Å²) < 4.78 is 1.54. The maximum absolute atomic E-state index is 11.1. The number of nitrogens with zero attached hydrogens (tertiary/aromatic N) is 4. The number of benzene rings is 2. The van der Waals surface area contributed by atoms with Gasteiger partial charge in [0.15, 0.2) is 5.82 Å². The van der Waals surface area contributed by atoms with E-state index in [0.29, 0.717) is 15.8 Å². The van der Waals surface area contributed by atoms with Gasteiger partial charge in [0, 0.05) is 5.56 Å². The highest BCUT2D eigenvalue weighted by Gasteiger charge is 2.30. The molecule has 1 atom stereocenters. The van der Waals surface area contributed by atoms with Crippen LogP contribution in [0, 0.1) is 0 Å². The van der Waals surface area contributed by atoms with Crippen LogP contribution in [0.5, 0.6) is 5.88 Å². The molecule has 0 spiro atoms. The van der Waals surface area contributed by atoms with E-state index in [2.05, 4.69) is 39.2 Å². The molecule has 1 N–H and O–H groups in total. The molecule has 0 aliphatic carbocycles. The average Bonchev–Trinajstić information content (AvgIpc) is 3.30. The molecule has 148 valence electrons. The van der Waals surface area contributed by atoms with Gasteiger partial charge in [-0.2, -0.15) is 9.50 Å². The van der Waals surface area contributed by atoms with Gasteiger partial charge in [-0.1, -0.05) is 71.8 Å². The molecule has 5 nitrogen and oxygen atoms in total. The molecule has 1 fully saturated rings. The monoisotopic (exact) mass is 424 g/mol. The summed E-state index contributed by atoms with van der Waals surface area (Å²) in [6, 6.07) is 17.9. The standard InChI is InChI=1S/C22H21ClN4OS/c23-17-12-6-5-11-16(17)20-24-22-27(25-20)21(28)19(29-22)18(15-9-3-1-4-10-15)26-13-7-2-8-14-26/h1,3-6,9-12,18,28H,2,7-8,13-14H2. The highest BCUT2D eigenvalue weighted by Crippen LogP contribution is 2.41. The fourth-order valence-electron chi connectivity index (χ4n) is 4.02. The zero-order chi connectivity index (χ0) is 19.8. The van der Waals surface area contributed by atoms with Gasteiger partial charge in [0.2, 0.25) is 10.8 Å². The van der Waals surface area contributed by atoms with Gasteiger partial charge in [-0.25, -0.2) is 0 Å². The van der Waals surface area contributed by atoms with Crippen LogP contribution < -0.4 is 0 Å². The molecular weight excluding hydrogens is 404 g/mol. The predicted octanol–water partition coefficient (Wildman–Crippen LogP) is 5.39. The first-order chi connectivity index (χ1) is 14.2. The van der Waals surface area contributed by atoms with Gasteiger partial charge >= 0.3 is 0 Å². The second-order valence-electron chi connectivity index (χ2n) is 7.31. The predicted molar refractivity (Wildman–Crippen MR) is 117 cm³/mol. The summed E-state index contributed by atoms with van der Waals surface area (Å²) in [5.41, 5.74) is 1.95. The molecule has 1 saturated heterocycles. The highest BCUT2D eigenvalue weighted by atomic mass is 35.5. The highest BCUT2D eigenvalue weighted by molar-refractivity contribution is 7.17. The number of aromatic nitrogens is 3. The Bertz CT molecular complexity index is 1130. The Hall–Kier alpha value is -2.41. The summed E-state index contributed by atoms with van der Waals surface area (Å²) in [7, 11) is 0. The summed E-state index contributed by atoms with van der Waals surface area (Å²) >= 11 is 7.80. The lowest BCUT2D eigenvalue weighted by molar-refractivity contribution is 0.186. The largest absolute Gasteiger partial charge is 0.492 e. The first-order valence-electron chi connectivity index (χ1n) is 9.84. The molecule has 5 rings (SSSR count). The van der Waals surface area contributed by atoms with Crippen molar-refractivity contribution in [1.82, 2.24) is 19.5 Å². The fourth-order valence-corrected chi connectivity index (χ4v) is 5.36. The van der Waals surface area contributed by atoms with Crippen molar-refractivity contribution in [2.45, 2.75) is 25.3 Å². The lowest BCUT2D eigenvalue weighted by Gasteiger charge is -2.34. The number of hydrogen-bond donors (Lipinski definition) is 1. The van der Waals surface area contributed by atoms with Gasteiger partial charge in [0.1, 0.15) is 0 Å². The Morgan fingerprint density at radius 2 is 1.69 bits per heavy atom. The smallest absolute Gasteiger partial charge is 0.230 e. The number of rotatable bonds is 4. The Kier molecular flexibility index (Phi) is 4.99. The quantitative estimate of drug-likeness (QED) is 0.477. The van der Waals surface area contributed by atoms with E-state index >= 15 is 0 Å². The van der Waals surface area contributed by atoms with Crippen LogP contribution >= 0.6 is 22.9 Å². The molecule has 4 aromatic rings. The summed E-state index contributed by atoms with van der Waals surface area (Å²) in [5, 5.41) is 16.2. The molecule has 7 heteroatoms.